The summed E-state index contributed by atoms with van der Waals surface area (Å²) in [5.74, 6) is -0.553. The molecule has 26 heavy (non-hydrogen) atoms. The van der Waals surface area contributed by atoms with Gasteiger partial charge in [0.15, 0.2) is 0 Å². The first-order valence-electron chi connectivity index (χ1n) is 9.30. The molecule has 3 rings (SSSR count). The second-order valence-corrected chi connectivity index (χ2v) is 8.51. The average Bonchev–Trinajstić information content (AvgIpc) is 2.61. The van der Waals surface area contributed by atoms with E-state index in [1.807, 2.05) is 51.1 Å². The van der Waals surface area contributed by atoms with Crippen LogP contribution in [0.15, 0.2) is 41.5 Å². The molecular formula is C22H28O4. The van der Waals surface area contributed by atoms with Gasteiger partial charge in [0, 0.05) is 6.42 Å². The molecule has 0 bridgehead atoms. The maximum absolute atomic E-state index is 13.0. The van der Waals surface area contributed by atoms with Crippen molar-refractivity contribution in [3.05, 3.63) is 47.0 Å². The zero-order chi connectivity index (χ0) is 19.2. The fourth-order valence-electron chi connectivity index (χ4n) is 4.82. The van der Waals surface area contributed by atoms with Gasteiger partial charge in [-0.1, -0.05) is 49.8 Å². The van der Waals surface area contributed by atoms with Crippen LogP contribution in [0.3, 0.4) is 0 Å². The Balaban J connectivity index is 1.96. The number of rotatable bonds is 3. The van der Waals surface area contributed by atoms with Crippen LogP contribution in [0.1, 0.15) is 58.9 Å². The molecule has 0 aliphatic heterocycles. The minimum atomic E-state index is -1.24. The van der Waals surface area contributed by atoms with E-state index in [2.05, 4.69) is 0 Å². The molecule has 2 aliphatic rings. The lowest BCUT2D eigenvalue weighted by Crippen LogP contribution is -2.66. The molecule has 0 amide bonds. The number of aliphatic hydroxyl groups is 1. The zero-order valence-electron chi connectivity index (χ0n) is 16.1. The number of ether oxygens (including phenoxy) is 1. The summed E-state index contributed by atoms with van der Waals surface area (Å²) in [5.41, 5.74) is -0.797. The molecule has 0 aromatic heterocycles. The lowest BCUT2D eigenvalue weighted by atomic mass is 9.47. The second-order valence-electron chi connectivity index (χ2n) is 8.51. The van der Waals surface area contributed by atoms with Gasteiger partial charge in [0.1, 0.15) is 12.4 Å². The smallest absolute Gasteiger partial charge is 0.335 e. The third-order valence-corrected chi connectivity index (χ3v) is 6.69. The number of hydrogen-bond donors (Lipinski definition) is 1. The largest absolute Gasteiger partial charge is 0.457 e. The highest BCUT2D eigenvalue weighted by atomic mass is 16.5. The number of carbonyl (C=O) groups excluding carboxylic acids is 2. The van der Waals surface area contributed by atoms with E-state index >= 15 is 0 Å². The summed E-state index contributed by atoms with van der Waals surface area (Å²) in [5, 5.41) is 11.6. The molecule has 1 saturated carbocycles. The average molecular weight is 356 g/mol. The predicted molar refractivity (Wildman–Crippen MR) is 99.3 cm³/mol. The van der Waals surface area contributed by atoms with Gasteiger partial charge in [-0.3, -0.25) is 4.79 Å². The normalized spacial score (nSPS) is 30.7. The van der Waals surface area contributed by atoms with Crippen molar-refractivity contribution < 1.29 is 19.4 Å². The Morgan fingerprint density at radius 3 is 2.42 bits per heavy atom. The van der Waals surface area contributed by atoms with Gasteiger partial charge in [-0.05, 0) is 44.1 Å². The standard InChI is InChI=1S/C22H28O4/c1-15-10-13-22(25)20(2,3)12-11-17(23)21(22,4)18(15)19(24)26-14-16-8-6-5-7-9-16/h5-9,25H,10-14H2,1-4H3/t21-,22-/m1/s1. The number of allylic oxidation sites excluding steroid dienone is 1. The first kappa shape index (κ1) is 18.8. The first-order chi connectivity index (χ1) is 12.1. The molecule has 0 heterocycles. The van der Waals surface area contributed by atoms with Gasteiger partial charge in [0.2, 0.25) is 0 Å². The van der Waals surface area contributed by atoms with E-state index in [0.717, 1.165) is 11.1 Å². The Bertz CT molecular complexity index is 762. The van der Waals surface area contributed by atoms with Gasteiger partial charge in [-0.25, -0.2) is 4.79 Å². The molecule has 1 fully saturated rings. The molecule has 2 atom stereocenters. The summed E-state index contributed by atoms with van der Waals surface area (Å²) in [7, 11) is 0. The summed E-state index contributed by atoms with van der Waals surface area (Å²) in [6, 6.07) is 9.47. The Morgan fingerprint density at radius 2 is 1.77 bits per heavy atom. The van der Waals surface area contributed by atoms with Crippen LogP contribution in [-0.4, -0.2) is 22.5 Å². The third kappa shape index (κ3) is 2.62. The lowest BCUT2D eigenvalue weighted by molar-refractivity contribution is -0.189. The molecular weight excluding hydrogens is 328 g/mol. The molecule has 4 nitrogen and oxygen atoms in total. The van der Waals surface area contributed by atoms with E-state index in [-0.39, 0.29) is 12.4 Å². The molecule has 0 unspecified atom stereocenters. The number of fused-ring (bicyclic) bond motifs is 1. The van der Waals surface area contributed by atoms with Crippen molar-refractivity contribution in [2.75, 3.05) is 0 Å². The van der Waals surface area contributed by atoms with Crippen LogP contribution < -0.4 is 0 Å². The van der Waals surface area contributed by atoms with E-state index in [1.165, 1.54) is 0 Å². The minimum absolute atomic E-state index is 0.0648. The SMILES string of the molecule is CC1=C(C(=O)OCc2ccccc2)[C@@]2(C)C(=O)CCC(C)(C)[C@]2(O)CC1. The second kappa shape index (κ2) is 6.34. The molecule has 140 valence electrons. The van der Waals surface area contributed by atoms with Crippen molar-refractivity contribution in [2.24, 2.45) is 10.8 Å². The quantitative estimate of drug-likeness (QED) is 0.833. The maximum Gasteiger partial charge on any atom is 0.335 e. The molecule has 1 aromatic carbocycles. The van der Waals surface area contributed by atoms with Crippen molar-refractivity contribution in [1.29, 1.82) is 0 Å². The zero-order valence-corrected chi connectivity index (χ0v) is 16.1. The van der Waals surface area contributed by atoms with Crippen molar-refractivity contribution in [2.45, 2.75) is 65.6 Å². The molecule has 0 radical (unpaired) electrons. The van der Waals surface area contributed by atoms with Crippen molar-refractivity contribution in [1.82, 2.24) is 0 Å². The summed E-state index contributed by atoms with van der Waals surface area (Å²) >= 11 is 0. The molecule has 0 spiro atoms. The van der Waals surface area contributed by atoms with Crippen LogP contribution >= 0.6 is 0 Å². The van der Waals surface area contributed by atoms with Gasteiger partial charge in [0.25, 0.3) is 0 Å². The van der Waals surface area contributed by atoms with E-state index in [9.17, 15) is 14.7 Å². The first-order valence-corrected chi connectivity index (χ1v) is 9.30. The fourth-order valence-corrected chi connectivity index (χ4v) is 4.82. The van der Waals surface area contributed by atoms with Gasteiger partial charge in [-0.15, -0.1) is 0 Å². The topological polar surface area (TPSA) is 63.6 Å². The Kier molecular flexibility index (Phi) is 4.60. The van der Waals surface area contributed by atoms with E-state index < -0.39 is 22.4 Å². The third-order valence-electron chi connectivity index (χ3n) is 6.69. The van der Waals surface area contributed by atoms with Crippen LogP contribution in [0, 0.1) is 10.8 Å². The van der Waals surface area contributed by atoms with Gasteiger partial charge >= 0.3 is 5.97 Å². The number of Topliss-reactive ketones (excluding diaryl/α,β-unsaturated/α-hetero) is 1. The summed E-state index contributed by atoms with van der Waals surface area (Å²) in [6.45, 7) is 7.75. The molecule has 2 aliphatic carbocycles. The molecule has 0 saturated heterocycles. The molecule has 4 heteroatoms. The van der Waals surface area contributed by atoms with E-state index in [0.29, 0.717) is 31.3 Å². The monoisotopic (exact) mass is 356 g/mol. The minimum Gasteiger partial charge on any atom is -0.457 e. The number of benzene rings is 1. The van der Waals surface area contributed by atoms with Gasteiger partial charge in [0.05, 0.1) is 16.6 Å². The van der Waals surface area contributed by atoms with Crippen molar-refractivity contribution >= 4 is 11.8 Å². The van der Waals surface area contributed by atoms with E-state index in [4.69, 9.17) is 4.74 Å². The highest BCUT2D eigenvalue weighted by Crippen LogP contribution is 2.60. The Hall–Kier alpha value is -1.94. The van der Waals surface area contributed by atoms with Crippen LogP contribution in [0.25, 0.3) is 0 Å². The predicted octanol–water partition coefficient (Wildman–Crippen LogP) is 3.97. The maximum atomic E-state index is 13.0. The molecule has 1 N–H and O–H groups in total. The Labute approximate surface area is 155 Å². The number of esters is 1. The van der Waals surface area contributed by atoms with Gasteiger partial charge in [-0.2, -0.15) is 0 Å². The number of hydrogen-bond acceptors (Lipinski definition) is 4. The highest BCUT2D eigenvalue weighted by molar-refractivity contribution is 6.03. The van der Waals surface area contributed by atoms with Crippen molar-refractivity contribution in [3.63, 3.8) is 0 Å². The van der Waals surface area contributed by atoms with Crippen LogP contribution in [-0.2, 0) is 20.9 Å². The molecule has 1 aromatic rings. The van der Waals surface area contributed by atoms with Gasteiger partial charge < -0.3 is 9.84 Å². The Morgan fingerprint density at radius 1 is 1.12 bits per heavy atom. The van der Waals surface area contributed by atoms with Crippen LogP contribution in [0.4, 0.5) is 0 Å². The summed E-state index contributed by atoms with van der Waals surface area (Å²) in [4.78, 5) is 26.0. The van der Waals surface area contributed by atoms with Crippen LogP contribution in [0.2, 0.25) is 0 Å². The van der Waals surface area contributed by atoms with E-state index in [1.54, 1.807) is 6.92 Å². The number of ketones is 1. The fraction of sp³-hybridized carbons (Fsp3) is 0.545. The highest BCUT2D eigenvalue weighted by Gasteiger charge is 2.66. The van der Waals surface area contributed by atoms with Crippen molar-refractivity contribution in [3.8, 4) is 0 Å². The summed E-state index contributed by atoms with van der Waals surface area (Å²) in [6.07, 6.45) is 2.08. The lowest BCUT2D eigenvalue weighted by Gasteiger charge is -2.59. The number of carbonyl (C=O) groups is 2. The van der Waals surface area contributed by atoms with Crippen LogP contribution in [0.5, 0.6) is 0 Å². The summed E-state index contributed by atoms with van der Waals surface area (Å²) < 4.78 is 5.55.